The molecule has 0 fully saturated rings. The van der Waals surface area contributed by atoms with E-state index in [1.54, 1.807) is 11.1 Å². The van der Waals surface area contributed by atoms with Gasteiger partial charge in [-0.15, -0.1) is 0 Å². The van der Waals surface area contributed by atoms with Gasteiger partial charge in [0.1, 0.15) is 0 Å². The zero-order valence-corrected chi connectivity index (χ0v) is 9.81. The normalized spacial score (nSPS) is 26.7. The number of benzene rings is 1. The second-order valence-electron chi connectivity index (χ2n) is 4.16. The Hall–Kier alpha value is -0.430. The van der Waals surface area contributed by atoms with Gasteiger partial charge in [0, 0.05) is 11.0 Å². The van der Waals surface area contributed by atoms with Crippen LogP contribution in [0.5, 0.6) is 0 Å². The molecular formula is C13H18S. The maximum Gasteiger partial charge on any atom is 0.0190 e. The van der Waals surface area contributed by atoms with Crippen molar-refractivity contribution in [2.45, 2.75) is 37.7 Å². The molecule has 0 amide bonds. The highest BCUT2D eigenvalue weighted by molar-refractivity contribution is 7.99. The summed E-state index contributed by atoms with van der Waals surface area (Å²) in [5, 5.41) is 0.812. The molecule has 2 rings (SSSR count). The smallest absolute Gasteiger partial charge is 0.0190 e. The molecule has 0 saturated carbocycles. The second-order valence-corrected chi connectivity index (χ2v) is 5.52. The molecule has 0 radical (unpaired) electrons. The highest BCUT2D eigenvalue weighted by Gasteiger charge is 2.21. The molecule has 0 aliphatic carbocycles. The summed E-state index contributed by atoms with van der Waals surface area (Å²) in [5.74, 6) is 2.07. The van der Waals surface area contributed by atoms with Crippen molar-refractivity contribution in [1.29, 1.82) is 0 Å². The molecule has 0 bridgehead atoms. The Labute approximate surface area is 91.1 Å². The number of rotatable bonds is 1. The van der Waals surface area contributed by atoms with Gasteiger partial charge in [-0.25, -0.2) is 0 Å². The van der Waals surface area contributed by atoms with Gasteiger partial charge in [0.05, 0.1) is 0 Å². The average molecular weight is 206 g/mol. The van der Waals surface area contributed by atoms with Crippen LogP contribution in [0.1, 0.15) is 31.4 Å². The quantitative estimate of drug-likeness (QED) is 0.671. The van der Waals surface area contributed by atoms with E-state index in [4.69, 9.17) is 0 Å². The first-order valence-electron chi connectivity index (χ1n) is 5.49. The van der Waals surface area contributed by atoms with Gasteiger partial charge in [-0.05, 0) is 23.5 Å². The molecule has 76 valence electrons. The Bertz CT molecular complexity index is 306. The van der Waals surface area contributed by atoms with Crippen molar-refractivity contribution < 1.29 is 0 Å². The van der Waals surface area contributed by atoms with Crippen molar-refractivity contribution >= 4 is 11.8 Å². The molecular weight excluding hydrogens is 188 g/mol. The van der Waals surface area contributed by atoms with Gasteiger partial charge >= 0.3 is 0 Å². The lowest BCUT2D eigenvalue weighted by molar-refractivity contribution is 0.505. The summed E-state index contributed by atoms with van der Waals surface area (Å²) in [5.41, 5.74) is 3.14. The van der Waals surface area contributed by atoms with Crippen LogP contribution in [0.3, 0.4) is 0 Å². The van der Waals surface area contributed by atoms with E-state index in [0.717, 1.165) is 11.2 Å². The Morgan fingerprint density at radius 3 is 2.71 bits per heavy atom. The van der Waals surface area contributed by atoms with E-state index >= 15 is 0 Å². The van der Waals surface area contributed by atoms with Crippen molar-refractivity contribution in [3.63, 3.8) is 0 Å². The average Bonchev–Trinajstić information content (AvgIpc) is 2.38. The zero-order chi connectivity index (χ0) is 9.97. The minimum atomic E-state index is 0.812. The van der Waals surface area contributed by atoms with Crippen LogP contribution in [0, 0.1) is 5.92 Å². The van der Waals surface area contributed by atoms with Gasteiger partial charge in [0.2, 0.25) is 0 Å². The van der Waals surface area contributed by atoms with E-state index in [2.05, 4.69) is 49.9 Å². The highest BCUT2D eigenvalue weighted by atomic mass is 32.2. The fraction of sp³-hybridized carbons (Fsp3) is 0.538. The first-order chi connectivity index (χ1) is 6.81. The summed E-state index contributed by atoms with van der Waals surface area (Å²) in [6.45, 7) is 4.69. The number of hydrogen-bond donors (Lipinski definition) is 0. The van der Waals surface area contributed by atoms with Gasteiger partial charge in [0.15, 0.2) is 0 Å². The third-order valence-corrected chi connectivity index (χ3v) is 4.68. The highest BCUT2D eigenvalue weighted by Crippen LogP contribution is 2.33. The van der Waals surface area contributed by atoms with Crippen LogP contribution < -0.4 is 0 Å². The summed E-state index contributed by atoms with van der Waals surface area (Å²) < 4.78 is 0. The molecule has 2 atom stereocenters. The van der Waals surface area contributed by atoms with Crippen molar-refractivity contribution in [3.05, 3.63) is 35.4 Å². The number of fused-ring (bicyclic) bond motifs is 1. The Balaban J connectivity index is 2.26. The van der Waals surface area contributed by atoms with Crippen molar-refractivity contribution in [3.8, 4) is 0 Å². The second kappa shape index (κ2) is 4.39. The zero-order valence-electron chi connectivity index (χ0n) is 8.99. The van der Waals surface area contributed by atoms with Crippen LogP contribution in [0.15, 0.2) is 24.3 Å². The van der Waals surface area contributed by atoms with Gasteiger partial charge in [-0.3, -0.25) is 0 Å². The van der Waals surface area contributed by atoms with Crippen LogP contribution in [0.25, 0.3) is 0 Å². The maximum atomic E-state index is 2.38. The molecule has 1 aromatic carbocycles. The molecule has 1 aromatic rings. The lowest BCUT2D eigenvalue weighted by Crippen LogP contribution is -2.13. The van der Waals surface area contributed by atoms with Crippen LogP contribution in [0.4, 0.5) is 0 Å². The molecule has 0 nitrogen and oxygen atoms in total. The van der Waals surface area contributed by atoms with E-state index in [-0.39, 0.29) is 0 Å². The largest absolute Gasteiger partial charge is 0.154 e. The summed E-state index contributed by atoms with van der Waals surface area (Å²) >= 11 is 2.11. The molecule has 0 aromatic heterocycles. The SMILES string of the molecule is CCC1Cc2ccccc2CSC1C. The third-order valence-electron chi connectivity index (χ3n) is 3.29. The van der Waals surface area contributed by atoms with Gasteiger partial charge in [-0.2, -0.15) is 11.8 Å². The van der Waals surface area contributed by atoms with Gasteiger partial charge in [-0.1, -0.05) is 44.5 Å². The Morgan fingerprint density at radius 2 is 2.00 bits per heavy atom. The molecule has 0 N–H and O–H groups in total. The van der Waals surface area contributed by atoms with Crippen LogP contribution in [-0.2, 0) is 12.2 Å². The molecule has 1 heteroatoms. The lowest BCUT2D eigenvalue weighted by atomic mass is 9.92. The molecule has 14 heavy (non-hydrogen) atoms. The minimum Gasteiger partial charge on any atom is -0.154 e. The summed E-state index contributed by atoms with van der Waals surface area (Å²) in [6.07, 6.45) is 2.59. The summed E-state index contributed by atoms with van der Waals surface area (Å²) in [7, 11) is 0. The van der Waals surface area contributed by atoms with Gasteiger partial charge < -0.3 is 0 Å². The summed E-state index contributed by atoms with van der Waals surface area (Å²) in [6, 6.07) is 8.92. The third kappa shape index (κ3) is 1.98. The van der Waals surface area contributed by atoms with Crippen LogP contribution in [0.2, 0.25) is 0 Å². The first-order valence-corrected chi connectivity index (χ1v) is 6.54. The fourth-order valence-corrected chi connectivity index (χ4v) is 3.46. The minimum absolute atomic E-state index is 0.812. The standard InChI is InChI=1S/C13H18S/c1-3-11-8-12-6-4-5-7-13(12)9-14-10(11)2/h4-7,10-11H,3,8-9H2,1-2H3. The molecule has 0 spiro atoms. The predicted octanol–water partition coefficient (Wildman–Crippen LogP) is 3.89. The van der Waals surface area contributed by atoms with Crippen LogP contribution in [-0.4, -0.2) is 5.25 Å². The van der Waals surface area contributed by atoms with Crippen molar-refractivity contribution in [2.24, 2.45) is 5.92 Å². The molecule has 1 heterocycles. The van der Waals surface area contributed by atoms with Crippen molar-refractivity contribution in [1.82, 2.24) is 0 Å². The fourth-order valence-electron chi connectivity index (χ4n) is 2.18. The molecule has 1 aliphatic heterocycles. The molecule has 2 unspecified atom stereocenters. The molecule has 0 saturated heterocycles. The Morgan fingerprint density at radius 1 is 1.29 bits per heavy atom. The number of thioether (sulfide) groups is 1. The predicted molar refractivity (Wildman–Crippen MR) is 64.7 cm³/mol. The lowest BCUT2D eigenvalue weighted by Gasteiger charge is -2.18. The van der Waals surface area contributed by atoms with E-state index in [0.29, 0.717) is 0 Å². The van der Waals surface area contributed by atoms with E-state index < -0.39 is 0 Å². The van der Waals surface area contributed by atoms with Gasteiger partial charge in [0.25, 0.3) is 0 Å². The van der Waals surface area contributed by atoms with E-state index in [9.17, 15) is 0 Å². The molecule has 1 aliphatic rings. The van der Waals surface area contributed by atoms with Crippen LogP contribution >= 0.6 is 11.8 Å². The first kappa shape index (κ1) is 10.1. The maximum absolute atomic E-state index is 2.38. The monoisotopic (exact) mass is 206 g/mol. The van der Waals surface area contributed by atoms with Crippen molar-refractivity contribution in [2.75, 3.05) is 0 Å². The topological polar surface area (TPSA) is 0 Å². The summed E-state index contributed by atoms with van der Waals surface area (Å²) in [4.78, 5) is 0. The number of hydrogen-bond acceptors (Lipinski definition) is 1. The van der Waals surface area contributed by atoms with E-state index in [1.807, 2.05) is 0 Å². The van der Waals surface area contributed by atoms with E-state index in [1.165, 1.54) is 18.6 Å². The Kier molecular flexibility index (Phi) is 3.17.